The van der Waals surface area contributed by atoms with Gasteiger partial charge in [0.25, 0.3) is 0 Å². The number of likely N-dealkylation sites (tertiary alicyclic amines) is 1. The quantitative estimate of drug-likeness (QED) is 0.856. The summed E-state index contributed by atoms with van der Waals surface area (Å²) in [5.74, 6) is 0.708. The Morgan fingerprint density at radius 1 is 1.38 bits per heavy atom. The van der Waals surface area contributed by atoms with Crippen LogP contribution < -0.4 is 4.74 Å². The van der Waals surface area contributed by atoms with Crippen molar-refractivity contribution in [2.45, 2.75) is 19.6 Å². The first-order chi connectivity index (χ1) is 10.2. The molecule has 0 spiro atoms. The largest absolute Gasteiger partial charge is 0.488 e. The van der Waals surface area contributed by atoms with E-state index in [1.54, 1.807) is 18.3 Å². The fourth-order valence-corrected chi connectivity index (χ4v) is 2.38. The van der Waals surface area contributed by atoms with Crippen LogP contribution in [0, 0.1) is 18.3 Å². The lowest BCUT2D eigenvalue weighted by molar-refractivity contribution is 0.0137. The molecule has 0 amide bonds. The van der Waals surface area contributed by atoms with E-state index in [4.69, 9.17) is 10.00 Å². The van der Waals surface area contributed by atoms with Gasteiger partial charge in [0.05, 0.1) is 5.69 Å². The third kappa shape index (κ3) is 3.36. The molecule has 5 heteroatoms. The number of aryl methyl sites for hydroxylation is 1. The Morgan fingerprint density at radius 2 is 2.24 bits per heavy atom. The zero-order valence-electron chi connectivity index (χ0n) is 11.9. The molecule has 5 nitrogen and oxygen atoms in total. The maximum atomic E-state index is 8.81. The standard InChI is InChI=1S/C16H16N4O/c1-12-3-2-4-13(19-12)9-20-10-16(11-20)21-15-5-6-18-14(7-15)8-17/h2-7,16H,9-11H2,1H3. The molecule has 0 radical (unpaired) electrons. The maximum Gasteiger partial charge on any atom is 0.144 e. The van der Waals surface area contributed by atoms with Gasteiger partial charge in [0.1, 0.15) is 23.6 Å². The van der Waals surface area contributed by atoms with Gasteiger partial charge in [-0.25, -0.2) is 4.98 Å². The first-order valence-electron chi connectivity index (χ1n) is 6.90. The van der Waals surface area contributed by atoms with Gasteiger partial charge in [0.2, 0.25) is 0 Å². The predicted octanol–water partition coefficient (Wildman–Crippen LogP) is 1.92. The summed E-state index contributed by atoms with van der Waals surface area (Å²) in [6.45, 7) is 4.60. The zero-order valence-corrected chi connectivity index (χ0v) is 11.9. The molecule has 0 atom stereocenters. The van der Waals surface area contributed by atoms with Crippen molar-refractivity contribution in [3.63, 3.8) is 0 Å². The summed E-state index contributed by atoms with van der Waals surface area (Å²) in [6.07, 6.45) is 1.77. The highest BCUT2D eigenvalue weighted by Gasteiger charge is 2.28. The normalized spacial score (nSPS) is 15.2. The summed E-state index contributed by atoms with van der Waals surface area (Å²) >= 11 is 0. The van der Waals surface area contributed by atoms with Gasteiger partial charge in [-0.2, -0.15) is 5.26 Å². The van der Waals surface area contributed by atoms with Crippen molar-refractivity contribution in [1.82, 2.24) is 14.9 Å². The lowest BCUT2D eigenvalue weighted by atomic mass is 10.1. The van der Waals surface area contributed by atoms with Gasteiger partial charge in [-0.3, -0.25) is 9.88 Å². The van der Waals surface area contributed by atoms with E-state index in [1.165, 1.54) is 0 Å². The van der Waals surface area contributed by atoms with Gasteiger partial charge < -0.3 is 4.74 Å². The molecule has 3 rings (SSSR count). The van der Waals surface area contributed by atoms with E-state index in [-0.39, 0.29) is 6.10 Å². The molecular weight excluding hydrogens is 264 g/mol. The lowest BCUT2D eigenvalue weighted by Crippen LogP contribution is -2.53. The Kier molecular flexibility index (Phi) is 3.80. The molecule has 1 aliphatic heterocycles. The molecule has 0 aliphatic carbocycles. The molecular formula is C16H16N4O. The lowest BCUT2D eigenvalue weighted by Gasteiger charge is -2.38. The summed E-state index contributed by atoms with van der Waals surface area (Å²) in [6, 6.07) is 11.5. The minimum atomic E-state index is 0.170. The minimum absolute atomic E-state index is 0.170. The Labute approximate surface area is 123 Å². The Bertz CT molecular complexity index is 674. The number of aromatic nitrogens is 2. The summed E-state index contributed by atoms with van der Waals surface area (Å²) in [5.41, 5.74) is 2.51. The monoisotopic (exact) mass is 280 g/mol. The summed E-state index contributed by atoms with van der Waals surface area (Å²) in [5, 5.41) is 8.81. The molecule has 1 aliphatic rings. The van der Waals surface area contributed by atoms with E-state index in [2.05, 4.69) is 14.9 Å². The van der Waals surface area contributed by atoms with Crippen molar-refractivity contribution < 1.29 is 4.74 Å². The van der Waals surface area contributed by atoms with Crippen LogP contribution in [-0.4, -0.2) is 34.1 Å². The van der Waals surface area contributed by atoms with Crippen LogP contribution in [0.5, 0.6) is 5.75 Å². The molecule has 106 valence electrons. The molecule has 0 aromatic carbocycles. The smallest absolute Gasteiger partial charge is 0.144 e. The average Bonchev–Trinajstić information content (AvgIpc) is 2.45. The second-order valence-corrected chi connectivity index (χ2v) is 5.19. The van der Waals surface area contributed by atoms with Crippen molar-refractivity contribution in [1.29, 1.82) is 5.26 Å². The highest BCUT2D eigenvalue weighted by Crippen LogP contribution is 2.19. The van der Waals surface area contributed by atoms with Gasteiger partial charge in [-0.05, 0) is 25.1 Å². The van der Waals surface area contributed by atoms with Crippen molar-refractivity contribution >= 4 is 0 Å². The summed E-state index contributed by atoms with van der Waals surface area (Å²) in [7, 11) is 0. The van der Waals surface area contributed by atoms with Crippen molar-refractivity contribution in [2.75, 3.05) is 13.1 Å². The van der Waals surface area contributed by atoms with Gasteiger partial charge in [0.15, 0.2) is 0 Å². The van der Waals surface area contributed by atoms with E-state index in [1.807, 2.05) is 31.2 Å². The summed E-state index contributed by atoms with van der Waals surface area (Å²) in [4.78, 5) is 10.7. The number of rotatable bonds is 4. The zero-order chi connectivity index (χ0) is 14.7. The van der Waals surface area contributed by atoms with Crippen LogP contribution >= 0.6 is 0 Å². The van der Waals surface area contributed by atoms with Crippen molar-refractivity contribution in [2.24, 2.45) is 0 Å². The van der Waals surface area contributed by atoms with E-state index in [0.717, 1.165) is 31.0 Å². The molecule has 3 heterocycles. The topological polar surface area (TPSA) is 62.0 Å². The van der Waals surface area contributed by atoms with Gasteiger partial charge in [-0.15, -0.1) is 0 Å². The number of nitrogens with zero attached hydrogens (tertiary/aromatic N) is 4. The number of ether oxygens (including phenoxy) is 1. The van der Waals surface area contributed by atoms with Crippen LogP contribution in [0.15, 0.2) is 36.5 Å². The van der Waals surface area contributed by atoms with Crippen LogP contribution in [0.2, 0.25) is 0 Å². The molecule has 0 unspecified atom stereocenters. The minimum Gasteiger partial charge on any atom is -0.488 e. The van der Waals surface area contributed by atoms with Crippen LogP contribution in [0.3, 0.4) is 0 Å². The number of hydrogen-bond acceptors (Lipinski definition) is 5. The second kappa shape index (κ2) is 5.90. The second-order valence-electron chi connectivity index (χ2n) is 5.19. The Hall–Kier alpha value is -2.45. The van der Waals surface area contributed by atoms with Crippen LogP contribution in [0.1, 0.15) is 17.1 Å². The maximum absolute atomic E-state index is 8.81. The number of hydrogen-bond donors (Lipinski definition) is 0. The molecule has 0 N–H and O–H groups in total. The molecule has 2 aromatic heterocycles. The highest BCUT2D eigenvalue weighted by molar-refractivity contribution is 5.30. The van der Waals surface area contributed by atoms with E-state index in [0.29, 0.717) is 11.4 Å². The predicted molar refractivity (Wildman–Crippen MR) is 77.6 cm³/mol. The molecule has 21 heavy (non-hydrogen) atoms. The molecule has 1 saturated heterocycles. The van der Waals surface area contributed by atoms with Gasteiger partial charge >= 0.3 is 0 Å². The molecule has 0 saturated carbocycles. The SMILES string of the molecule is Cc1cccc(CN2CC(Oc3ccnc(C#N)c3)C2)n1. The average molecular weight is 280 g/mol. The van der Waals surface area contributed by atoms with Gasteiger partial charge in [-0.1, -0.05) is 6.07 Å². The fourth-order valence-electron chi connectivity index (χ4n) is 2.38. The van der Waals surface area contributed by atoms with Crippen molar-refractivity contribution in [3.8, 4) is 11.8 Å². The summed E-state index contributed by atoms with van der Waals surface area (Å²) < 4.78 is 5.83. The first kappa shape index (κ1) is 13.5. The Morgan fingerprint density at radius 3 is 3.00 bits per heavy atom. The van der Waals surface area contributed by atoms with Crippen LogP contribution in [-0.2, 0) is 6.54 Å². The van der Waals surface area contributed by atoms with E-state index in [9.17, 15) is 0 Å². The third-order valence-corrected chi connectivity index (χ3v) is 3.40. The molecule has 1 fully saturated rings. The van der Waals surface area contributed by atoms with E-state index < -0.39 is 0 Å². The molecule has 0 bridgehead atoms. The van der Waals surface area contributed by atoms with Crippen molar-refractivity contribution in [3.05, 3.63) is 53.6 Å². The fraction of sp³-hybridized carbons (Fsp3) is 0.312. The number of nitriles is 1. The highest BCUT2D eigenvalue weighted by atomic mass is 16.5. The van der Waals surface area contributed by atoms with E-state index >= 15 is 0 Å². The third-order valence-electron chi connectivity index (χ3n) is 3.40. The molecule has 2 aromatic rings. The number of pyridine rings is 2. The van der Waals surface area contributed by atoms with Crippen LogP contribution in [0.25, 0.3) is 0 Å². The Balaban J connectivity index is 1.51. The van der Waals surface area contributed by atoms with Gasteiger partial charge in [0, 0.05) is 37.6 Å². The van der Waals surface area contributed by atoms with Crippen LogP contribution in [0.4, 0.5) is 0 Å². The first-order valence-corrected chi connectivity index (χ1v) is 6.90.